The van der Waals surface area contributed by atoms with Crippen LogP contribution in [0.4, 0.5) is 0 Å². The van der Waals surface area contributed by atoms with Crippen molar-refractivity contribution in [3.63, 3.8) is 0 Å². The summed E-state index contributed by atoms with van der Waals surface area (Å²) in [4.78, 5) is 28.9. The van der Waals surface area contributed by atoms with Gasteiger partial charge in [-0.25, -0.2) is 9.59 Å². The average molecular weight is 377 g/mol. The molecule has 0 aliphatic carbocycles. The van der Waals surface area contributed by atoms with E-state index in [4.69, 9.17) is 9.47 Å². The monoisotopic (exact) mass is 377 g/mol. The van der Waals surface area contributed by atoms with Gasteiger partial charge in [0, 0.05) is 12.1 Å². The number of ether oxygens (including phenoxy) is 2. The lowest BCUT2D eigenvalue weighted by Crippen LogP contribution is -2.14. The summed E-state index contributed by atoms with van der Waals surface area (Å²) in [6, 6.07) is 19.2. The lowest BCUT2D eigenvalue weighted by Gasteiger charge is -2.08. The van der Waals surface area contributed by atoms with Crippen LogP contribution < -0.4 is 0 Å². The van der Waals surface area contributed by atoms with Gasteiger partial charge < -0.3 is 14.5 Å². The van der Waals surface area contributed by atoms with Gasteiger partial charge in [-0.3, -0.25) is 0 Å². The molecule has 0 saturated carbocycles. The molecule has 0 fully saturated rings. The largest absolute Gasteiger partial charge is 0.462 e. The maximum atomic E-state index is 12.8. The standard InChI is InChI=1S/C23H23NO4/c1-3-27-22(25)19-18(15-16-11-7-5-8-12-16)24-21(17-13-9-6-10-14-17)20(19)23(26)28-4-2/h5-14,24H,3-4,15H2,1-2H3. The van der Waals surface area contributed by atoms with Crippen LogP contribution in [-0.2, 0) is 15.9 Å². The number of carbonyl (C=O) groups excluding carboxylic acids is 2. The first-order chi connectivity index (χ1) is 13.7. The number of aromatic amines is 1. The highest BCUT2D eigenvalue weighted by Gasteiger charge is 2.30. The Morgan fingerprint density at radius 3 is 1.89 bits per heavy atom. The van der Waals surface area contributed by atoms with Crippen molar-refractivity contribution in [3.05, 3.63) is 83.0 Å². The van der Waals surface area contributed by atoms with Gasteiger partial charge in [0.15, 0.2) is 0 Å². The van der Waals surface area contributed by atoms with Gasteiger partial charge in [-0.2, -0.15) is 0 Å². The first-order valence-electron chi connectivity index (χ1n) is 9.34. The topological polar surface area (TPSA) is 68.4 Å². The predicted molar refractivity (Wildman–Crippen MR) is 107 cm³/mol. The second-order valence-corrected chi connectivity index (χ2v) is 6.20. The molecule has 3 aromatic rings. The van der Waals surface area contributed by atoms with Gasteiger partial charge in [0.25, 0.3) is 0 Å². The number of nitrogens with one attached hydrogen (secondary N) is 1. The van der Waals surface area contributed by atoms with E-state index in [0.29, 0.717) is 17.8 Å². The van der Waals surface area contributed by atoms with Crippen LogP contribution in [0.3, 0.4) is 0 Å². The van der Waals surface area contributed by atoms with Gasteiger partial charge in [-0.15, -0.1) is 0 Å². The second-order valence-electron chi connectivity index (χ2n) is 6.20. The van der Waals surface area contributed by atoms with E-state index in [-0.39, 0.29) is 24.3 Å². The highest BCUT2D eigenvalue weighted by molar-refractivity contribution is 6.08. The second kappa shape index (κ2) is 9.04. The smallest absolute Gasteiger partial charge is 0.341 e. The molecule has 28 heavy (non-hydrogen) atoms. The summed E-state index contributed by atoms with van der Waals surface area (Å²) >= 11 is 0. The van der Waals surface area contributed by atoms with E-state index in [1.807, 2.05) is 60.7 Å². The number of hydrogen-bond acceptors (Lipinski definition) is 4. The van der Waals surface area contributed by atoms with Crippen molar-refractivity contribution in [1.82, 2.24) is 4.98 Å². The first-order valence-corrected chi connectivity index (χ1v) is 9.34. The maximum absolute atomic E-state index is 12.8. The van der Waals surface area contributed by atoms with Gasteiger partial charge >= 0.3 is 11.9 Å². The average Bonchev–Trinajstić information content (AvgIpc) is 3.09. The summed E-state index contributed by atoms with van der Waals surface area (Å²) < 4.78 is 10.5. The van der Waals surface area contributed by atoms with E-state index in [2.05, 4.69) is 4.98 Å². The molecule has 0 amide bonds. The van der Waals surface area contributed by atoms with Crippen molar-refractivity contribution in [2.75, 3.05) is 13.2 Å². The van der Waals surface area contributed by atoms with E-state index in [1.165, 1.54) is 0 Å². The Hall–Kier alpha value is -3.34. The molecule has 0 spiro atoms. The number of aromatic nitrogens is 1. The molecule has 0 aliphatic rings. The van der Waals surface area contributed by atoms with Crippen LogP contribution in [0.1, 0.15) is 45.8 Å². The van der Waals surface area contributed by atoms with Crippen LogP contribution in [-0.4, -0.2) is 30.1 Å². The lowest BCUT2D eigenvalue weighted by molar-refractivity contribution is 0.0480. The van der Waals surface area contributed by atoms with Crippen molar-refractivity contribution in [3.8, 4) is 11.3 Å². The minimum absolute atomic E-state index is 0.217. The minimum atomic E-state index is -0.542. The Balaban J connectivity index is 2.20. The summed E-state index contributed by atoms with van der Waals surface area (Å²) in [5.41, 5.74) is 3.47. The summed E-state index contributed by atoms with van der Waals surface area (Å²) in [5.74, 6) is -1.07. The van der Waals surface area contributed by atoms with Crippen LogP contribution in [0.15, 0.2) is 60.7 Å². The minimum Gasteiger partial charge on any atom is -0.462 e. The molecule has 0 unspecified atom stereocenters. The highest BCUT2D eigenvalue weighted by Crippen LogP contribution is 2.31. The number of benzene rings is 2. The zero-order valence-electron chi connectivity index (χ0n) is 16.0. The molecular weight excluding hydrogens is 354 g/mol. The molecule has 1 N–H and O–H groups in total. The molecule has 5 nitrogen and oxygen atoms in total. The number of rotatable bonds is 7. The quantitative estimate of drug-likeness (QED) is 0.610. The molecule has 2 aromatic carbocycles. The summed E-state index contributed by atoms with van der Waals surface area (Å²) in [6.07, 6.45) is 0.466. The zero-order valence-corrected chi connectivity index (χ0v) is 16.0. The third-order valence-electron chi connectivity index (χ3n) is 4.32. The van der Waals surface area contributed by atoms with Crippen LogP contribution in [0, 0.1) is 0 Å². The fraction of sp³-hybridized carbons (Fsp3) is 0.217. The zero-order chi connectivity index (χ0) is 19.9. The third-order valence-corrected chi connectivity index (χ3v) is 4.32. The van der Waals surface area contributed by atoms with Crippen LogP contribution in [0.25, 0.3) is 11.3 Å². The van der Waals surface area contributed by atoms with Crippen molar-refractivity contribution >= 4 is 11.9 Å². The molecule has 5 heteroatoms. The van der Waals surface area contributed by atoms with E-state index >= 15 is 0 Å². The molecule has 144 valence electrons. The van der Waals surface area contributed by atoms with E-state index in [0.717, 1.165) is 11.1 Å². The predicted octanol–water partition coefficient (Wildman–Crippen LogP) is 4.63. The van der Waals surface area contributed by atoms with Crippen molar-refractivity contribution in [2.24, 2.45) is 0 Å². The number of hydrogen-bond donors (Lipinski definition) is 1. The van der Waals surface area contributed by atoms with Crippen molar-refractivity contribution in [1.29, 1.82) is 0 Å². The summed E-state index contributed by atoms with van der Waals surface area (Å²) in [6.45, 7) is 3.91. The van der Waals surface area contributed by atoms with Crippen LogP contribution in [0.2, 0.25) is 0 Å². The normalized spacial score (nSPS) is 10.5. The van der Waals surface area contributed by atoms with Gasteiger partial charge in [0.05, 0.1) is 30.0 Å². The molecule has 1 heterocycles. The molecule has 1 aromatic heterocycles. The summed E-state index contributed by atoms with van der Waals surface area (Å²) in [7, 11) is 0. The third kappa shape index (κ3) is 4.14. The van der Waals surface area contributed by atoms with Crippen molar-refractivity contribution < 1.29 is 19.1 Å². The van der Waals surface area contributed by atoms with E-state index in [1.54, 1.807) is 13.8 Å². The van der Waals surface area contributed by atoms with E-state index < -0.39 is 11.9 Å². The lowest BCUT2D eigenvalue weighted by atomic mass is 10.0. The Morgan fingerprint density at radius 1 is 0.786 bits per heavy atom. The fourth-order valence-corrected chi connectivity index (χ4v) is 3.14. The molecule has 0 radical (unpaired) electrons. The van der Waals surface area contributed by atoms with E-state index in [9.17, 15) is 9.59 Å². The molecule has 3 rings (SSSR count). The van der Waals surface area contributed by atoms with Gasteiger partial charge in [0.1, 0.15) is 0 Å². The number of H-pyrrole nitrogens is 1. The molecular formula is C23H23NO4. The first kappa shape index (κ1) is 19.4. The highest BCUT2D eigenvalue weighted by atomic mass is 16.5. The molecule has 0 saturated heterocycles. The Morgan fingerprint density at radius 2 is 1.32 bits per heavy atom. The number of carbonyl (C=O) groups is 2. The van der Waals surface area contributed by atoms with Crippen LogP contribution in [0.5, 0.6) is 0 Å². The van der Waals surface area contributed by atoms with Crippen LogP contribution >= 0.6 is 0 Å². The SMILES string of the molecule is CCOC(=O)c1c(Cc2ccccc2)[nH]c(-c2ccccc2)c1C(=O)OCC. The molecule has 0 bridgehead atoms. The number of esters is 2. The Bertz CT molecular complexity index is 945. The van der Waals surface area contributed by atoms with Gasteiger partial charge in [0.2, 0.25) is 0 Å². The molecule has 0 aliphatic heterocycles. The summed E-state index contributed by atoms with van der Waals surface area (Å²) in [5, 5.41) is 0. The van der Waals surface area contributed by atoms with Gasteiger partial charge in [-0.05, 0) is 25.0 Å². The Labute approximate surface area is 164 Å². The Kier molecular flexibility index (Phi) is 6.27. The maximum Gasteiger partial charge on any atom is 0.341 e. The molecule has 0 atom stereocenters. The van der Waals surface area contributed by atoms with Crippen molar-refractivity contribution in [2.45, 2.75) is 20.3 Å². The fourth-order valence-electron chi connectivity index (χ4n) is 3.14. The van der Waals surface area contributed by atoms with Gasteiger partial charge in [-0.1, -0.05) is 60.7 Å².